The monoisotopic (exact) mass is 399 g/mol. The van der Waals surface area contributed by atoms with Gasteiger partial charge < -0.3 is 5.32 Å². The Morgan fingerprint density at radius 2 is 1.86 bits per heavy atom. The van der Waals surface area contributed by atoms with Crippen LogP contribution in [0.2, 0.25) is 0 Å². The van der Waals surface area contributed by atoms with Crippen molar-refractivity contribution < 1.29 is 17.6 Å². The Hall–Kier alpha value is -3.26. The van der Waals surface area contributed by atoms with Gasteiger partial charge in [-0.15, -0.1) is 0 Å². The average Bonchev–Trinajstić information content (AvgIpc) is 2.68. The molecule has 0 aliphatic rings. The standard InChI is InChI=1S/C20H18FN3O3S/c1-14-4-7-17(8-5-14)28(26,27)24-16-6-9-19(21)18(11-16)20(25)23-13-15-3-2-10-22-12-15/h2-12,24H,13H2,1H3,(H,23,25). The number of hydrogen-bond donors (Lipinski definition) is 2. The number of nitrogens with zero attached hydrogens (tertiary/aromatic N) is 1. The van der Waals surface area contributed by atoms with E-state index >= 15 is 0 Å². The van der Waals surface area contributed by atoms with Gasteiger partial charge >= 0.3 is 0 Å². The molecule has 0 aliphatic carbocycles. The van der Waals surface area contributed by atoms with E-state index in [1.165, 1.54) is 24.3 Å². The van der Waals surface area contributed by atoms with Crippen LogP contribution in [0.1, 0.15) is 21.5 Å². The number of halogens is 1. The zero-order chi connectivity index (χ0) is 20.1. The average molecular weight is 399 g/mol. The second-order valence-corrected chi connectivity index (χ2v) is 7.84. The van der Waals surface area contributed by atoms with Crippen LogP contribution in [0.15, 0.2) is 71.9 Å². The Kier molecular flexibility index (Phi) is 5.70. The Labute approximate surface area is 162 Å². The third-order valence-corrected chi connectivity index (χ3v) is 5.37. The Bertz CT molecular complexity index is 1090. The lowest BCUT2D eigenvalue weighted by Gasteiger charge is -2.11. The summed E-state index contributed by atoms with van der Waals surface area (Å²) in [6, 6.07) is 13.3. The summed E-state index contributed by atoms with van der Waals surface area (Å²) in [5.74, 6) is -1.40. The van der Waals surface area contributed by atoms with E-state index in [0.717, 1.165) is 17.2 Å². The summed E-state index contributed by atoms with van der Waals surface area (Å²) in [5, 5.41) is 2.59. The number of nitrogens with one attached hydrogen (secondary N) is 2. The van der Waals surface area contributed by atoms with E-state index in [4.69, 9.17) is 0 Å². The number of hydrogen-bond acceptors (Lipinski definition) is 4. The van der Waals surface area contributed by atoms with E-state index in [1.807, 2.05) is 6.92 Å². The van der Waals surface area contributed by atoms with Gasteiger partial charge in [0.05, 0.1) is 10.5 Å². The van der Waals surface area contributed by atoms with E-state index in [9.17, 15) is 17.6 Å². The molecule has 0 fully saturated rings. The number of amides is 1. The van der Waals surface area contributed by atoms with Crippen molar-refractivity contribution in [3.63, 3.8) is 0 Å². The highest BCUT2D eigenvalue weighted by Gasteiger charge is 2.17. The fraction of sp³-hybridized carbons (Fsp3) is 0.100. The van der Waals surface area contributed by atoms with Gasteiger partial charge in [-0.2, -0.15) is 0 Å². The van der Waals surface area contributed by atoms with Gasteiger partial charge in [0.1, 0.15) is 5.82 Å². The number of carbonyl (C=O) groups excluding carboxylic acids is 1. The van der Waals surface area contributed by atoms with E-state index in [1.54, 1.807) is 36.7 Å². The van der Waals surface area contributed by atoms with Crippen molar-refractivity contribution in [3.05, 3.63) is 89.5 Å². The molecule has 0 saturated heterocycles. The lowest BCUT2D eigenvalue weighted by atomic mass is 10.1. The lowest BCUT2D eigenvalue weighted by molar-refractivity contribution is 0.0947. The maximum Gasteiger partial charge on any atom is 0.261 e. The Balaban J connectivity index is 1.77. The maximum absolute atomic E-state index is 14.1. The first-order chi connectivity index (χ1) is 13.3. The SMILES string of the molecule is Cc1ccc(S(=O)(=O)Nc2ccc(F)c(C(=O)NCc3cccnc3)c2)cc1. The fourth-order valence-corrected chi connectivity index (χ4v) is 3.52. The van der Waals surface area contributed by atoms with Crippen molar-refractivity contribution in [2.24, 2.45) is 0 Å². The van der Waals surface area contributed by atoms with Crippen molar-refractivity contribution in [1.82, 2.24) is 10.3 Å². The van der Waals surface area contributed by atoms with Gasteiger partial charge in [-0.1, -0.05) is 23.8 Å². The molecule has 2 N–H and O–H groups in total. The largest absolute Gasteiger partial charge is 0.348 e. The van der Waals surface area contributed by atoms with Crippen LogP contribution in [0.25, 0.3) is 0 Å². The molecule has 0 saturated carbocycles. The highest BCUT2D eigenvalue weighted by atomic mass is 32.2. The van der Waals surface area contributed by atoms with E-state index in [0.29, 0.717) is 0 Å². The minimum atomic E-state index is -3.85. The van der Waals surface area contributed by atoms with E-state index in [-0.39, 0.29) is 22.7 Å². The number of carbonyl (C=O) groups is 1. The molecule has 2 aromatic carbocycles. The number of pyridine rings is 1. The van der Waals surface area contributed by atoms with Crippen molar-refractivity contribution in [2.75, 3.05) is 4.72 Å². The van der Waals surface area contributed by atoms with Crippen LogP contribution in [-0.4, -0.2) is 19.3 Å². The van der Waals surface area contributed by atoms with Gasteiger partial charge in [0.25, 0.3) is 15.9 Å². The van der Waals surface area contributed by atoms with Crippen LogP contribution in [0.3, 0.4) is 0 Å². The summed E-state index contributed by atoms with van der Waals surface area (Å²) in [4.78, 5) is 16.3. The van der Waals surface area contributed by atoms with Gasteiger partial charge in [-0.05, 0) is 48.9 Å². The summed E-state index contributed by atoms with van der Waals surface area (Å²) >= 11 is 0. The molecule has 3 aromatic rings. The van der Waals surface area contributed by atoms with Crippen molar-refractivity contribution in [2.45, 2.75) is 18.4 Å². The highest BCUT2D eigenvalue weighted by Crippen LogP contribution is 2.20. The summed E-state index contributed by atoms with van der Waals surface area (Å²) in [5.41, 5.74) is 1.52. The molecule has 8 heteroatoms. The molecule has 0 unspecified atom stereocenters. The molecular weight excluding hydrogens is 381 g/mol. The molecule has 0 aliphatic heterocycles. The summed E-state index contributed by atoms with van der Waals surface area (Å²) in [6.07, 6.45) is 3.19. The second-order valence-electron chi connectivity index (χ2n) is 6.16. The predicted octanol–water partition coefficient (Wildman–Crippen LogP) is 3.26. The number of aromatic nitrogens is 1. The third-order valence-electron chi connectivity index (χ3n) is 3.97. The highest BCUT2D eigenvalue weighted by molar-refractivity contribution is 7.92. The summed E-state index contributed by atoms with van der Waals surface area (Å²) < 4.78 is 41.4. The summed E-state index contributed by atoms with van der Waals surface area (Å²) in [6.45, 7) is 2.02. The van der Waals surface area contributed by atoms with E-state index in [2.05, 4.69) is 15.0 Å². The van der Waals surface area contributed by atoms with Crippen LogP contribution in [0.4, 0.5) is 10.1 Å². The van der Waals surface area contributed by atoms with Gasteiger partial charge in [0.15, 0.2) is 0 Å². The van der Waals surface area contributed by atoms with Crippen molar-refractivity contribution in [3.8, 4) is 0 Å². The van der Waals surface area contributed by atoms with Gasteiger partial charge in [0.2, 0.25) is 0 Å². The van der Waals surface area contributed by atoms with Crippen LogP contribution in [-0.2, 0) is 16.6 Å². The molecule has 6 nitrogen and oxygen atoms in total. The molecule has 0 spiro atoms. The molecule has 1 aromatic heterocycles. The molecule has 144 valence electrons. The first kappa shape index (κ1) is 19.5. The Morgan fingerprint density at radius 1 is 1.11 bits per heavy atom. The number of rotatable bonds is 6. The van der Waals surface area contributed by atoms with Crippen LogP contribution in [0.5, 0.6) is 0 Å². The molecule has 28 heavy (non-hydrogen) atoms. The van der Waals surface area contributed by atoms with Crippen LogP contribution >= 0.6 is 0 Å². The zero-order valence-electron chi connectivity index (χ0n) is 15.0. The molecule has 0 radical (unpaired) electrons. The quantitative estimate of drug-likeness (QED) is 0.666. The molecule has 1 heterocycles. The first-order valence-electron chi connectivity index (χ1n) is 8.41. The normalized spacial score (nSPS) is 11.1. The maximum atomic E-state index is 14.1. The van der Waals surface area contributed by atoms with E-state index < -0.39 is 21.7 Å². The molecule has 3 rings (SSSR count). The fourth-order valence-electron chi connectivity index (χ4n) is 2.47. The minimum absolute atomic E-state index is 0.0741. The molecule has 0 bridgehead atoms. The number of aryl methyl sites for hydroxylation is 1. The van der Waals surface area contributed by atoms with Crippen molar-refractivity contribution in [1.29, 1.82) is 0 Å². The van der Waals surface area contributed by atoms with Crippen LogP contribution in [0, 0.1) is 12.7 Å². The van der Waals surface area contributed by atoms with Gasteiger partial charge in [0, 0.05) is 24.6 Å². The number of sulfonamides is 1. The number of anilines is 1. The van der Waals surface area contributed by atoms with Crippen LogP contribution < -0.4 is 10.0 Å². The first-order valence-corrected chi connectivity index (χ1v) is 9.89. The molecule has 0 atom stereocenters. The summed E-state index contributed by atoms with van der Waals surface area (Å²) in [7, 11) is -3.85. The van der Waals surface area contributed by atoms with Gasteiger partial charge in [-0.3, -0.25) is 14.5 Å². The zero-order valence-corrected chi connectivity index (χ0v) is 15.8. The molecule has 1 amide bonds. The van der Waals surface area contributed by atoms with Crippen molar-refractivity contribution >= 4 is 21.6 Å². The topological polar surface area (TPSA) is 88.2 Å². The Morgan fingerprint density at radius 3 is 2.54 bits per heavy atom. The number of benzene rings is 2. The minimum Gasteiger partial charge on any atom is -0.348 e. The van der Waals surface area contributed by atoms with Gasteiger partial charge in [-0.25, -0.2) is 12.8 Å². The smallest absolute Gasteiger partial charge is 0.261 e. The predicted molar refractivity (Wildman–Crippen MR) is 104 cm³/mol. The second kappa shape index (κ2) is 8.18. The lowest BCUT2D eigenvalue weighted by Crippen LogP contribution is -2.24. The molecular formula is C20H18FN3O3S. The third kappa shape index (κ3) is 4.72.